The first-order valence-corrected chi connectivity index (χ1v) is 6.15. The quantitative estimate of drug-likeness (QED) is 0.741. The lowest BCUT2D eigenvalue weighted by atomic mass is 10.0. The van der Waals surface area contributed by atoms with Crippen LogP contribution in [0.1, 0.15) is 29.5 Å². The van der Waals surface area contributed by atoms with Crippen LogP contribution in [0.2, 0.25) is 0 Å². The zero-order valence-electron chi connectivity index (χ0n) is 10.3. The molecule has 0 bridgehead atoms. The number of nitrogens with one attached hydrogen (secondary N) is 1. The topological polar surface area (TPSA) is 38.0 Å². The molecule has 2 heteroatoms. The smallest absolute Gasteiger partial charge is 0.0282 e. The molecule has 0 radical (unpaired) electrons. The van der Waals surface area contributed by atoms with E-state index in [0.717, 1.165) is 19.5 Å². The second-order valence-electron chi connectivity index (χ2n) is 5.22. The molecule has 1 aromatic carbocycles. The van der Waals surface area contributed by atoms with Gasteiger partial charge in [0.05, 0.1) is 0 Å². The Morgan fingerprint density at radius 3 is 2.75 bits per heavy atom. The van der Waals surface area contributed by atoms with Crippen LogP contribution in [0.5, 0.6) is 0 Å². The van der Waals surface area contributed by atoms with Gasteiger partial charge in [-0.3, -0.25) is 0 Å². The van der Waals surface area contributed by atoms with Crippen LogP contribution < -0.4 is 11.1 Å². The standard InChI is InChI=1S/C14H22N2/c1-11-3-4-12(2)13(9-11)5-8-16-10-14(15)6-7-14/h3-4,9,16H,5-8,10,15H2,1-2H3. The first kappa shape index (κ1) is 11.6. The summed E-state index contributed by atoms with van der Waals surface area (Å²) in [5.74, 6) is 0. The van der Waals surface area contributed by atoms with E-state index in [4.69, 9.17) is 5.73 Å². The Labute approximate surface area is 98.2 Å². The lowest BCUT2D eigenvalue weighted by Gasteiger charge is -2.11. The monoisotopic (exact) mass is 218 g/mol. The van der Waals surface area contributed by atoms with Gasteiger partial charge in [0.15, 0.2) is 0 Å². The van der Waals surface area contributed by atoms with E-state index in [1.54, 1.807) is 0 Å². The van der Waals surface area contributed by atoms with Gasteiger partial charge >= 0.3 is 0 Å². The Balaban J connectivity index is 1.78. The van der Waals surface area contributed by atoms with Gasteiger partial charge in [-0.05, 0) is 50.8 Å². The Hall–Kier alpha value is -0.860. The Morgan fingerprint density at radius 2 is 2.06 bits per heavy atom. The van der Waals surface area contributed by atoms with E-state index in [1.165, 1.54) is 29.5 Å². The Morgan fingerprint density at radius 1 is 1.31 bits per heavy atom. The predicted molar refractivity (Wildman–Crippen MR) is 68.6 cm³/mol. The highest BCUT2D eigenvalue weighted by Crippen LogP contribution is 2.30. The van der Waals surface area contributed by atoms with Gasteiger partial charge in [0.25, 0.3) is 0 Å². The molecule has 0 unspecified atom stereocenters. The lowest BCUT2D eigenvalue weighted by Crippen LogP contribution is -2.36. The molecule has 1 aliphatic rings. The van der Waals surface area contributed by atoms with Crippen LogP contribution in [0, 0.1) is 13.8 Å². The molecule has 2 rings (SSSR count). The highest BCUT2D eigenvalue weighted by molar-refractivity contribution is 5.30. The minimum Gasteiger partial charge on any atom is -0.324 e. The Kier molecular flexibility index (Phi) is 3.31. The summed E-state index contributed by atoms with van der Waals surface area (Å²) in [4.78, 5) is 0. The largest absolute Gasteiger partial charge is 0.324 e. The van der Waals surface area contributed by atoms with E-state index >= 15 is 0 Å². The molecular formula is C14H22N2. The van der Waals surface area contributed by atoms with Crippen LogP contribution in [0.25, 0.3) is 0 Å². The molecule has 3 N–H and O–H groups in total. The van der Waals surface area contributed by atoms with Crippen LogP contribution in [-0.4, -0.2) is 18.6 Å². The average Bonchev–Trinajstić information content (AvgIpc) is 2.97. The lowest BCUT2D eigenvalue weighted by molar-refractivity contribution is 0.570. The fraction of sp³-hybridized carbons (Fsp3) is 0.571. The third-order valence-corrected chi connectivity index (χ3v) is 3.45. The van der Waals surface area contributed by atoms with Gasteiger partial charge in [0.2, 0.25) is 0 Å². The second kappa shape index (κ2) is 4.56. The van der Waals surface area contributed by atoms with Crippen molar-refractivity contribution >= 4 is 0 Å². The minimum atomic E-state index is 0.127. The molecule has 0 saturated heterocycles. The van der Waals surface area contributed by atoms with Crippen molar-refractivity contribution in [2.75, 3.05) is 13.1 Å². The molecule has 88 valence electrons. The third-order valence-electron chi connectivity index (χ3n) is 3.45. The SMILES string of the molecule is Cc1ccc(C)c(CCNCC2(N)CC2)c1. The van der Waals surface area contributed by atoms with Crippen LogP contribution >= 0.6 is 0 Å². The molecular weight excluding hydrogens is 196 g/mol. The third kappa shape index (κ3) is 3.06. The summed E-state index contributed by atoms with van der Waals surface area (Å²) in [6.07, 6.45) is 3.47. The van der Waals surface area contributed by atoms with E-state index in [1.807, 2.05) is 0 Å². The fourth-order valence-corrected chi connectivity index (χ4v) is 1.97. The van der Waals surface area contributed by atoms with Gasteiger partial charge in [-0.1, -0.05) is 23.8 Å². The van der Waals surface area contributed by atoms with Crippen molar-refractivity contribution in [1.82, 2.24) is 5.32 Å². The molecule has 1 aromatic rings. The predicted octanol–water partition coefficient (Wildman–Crippen LogP) is 1.93. The molecule has 1 saturated carbocycles. The van der Waals surface area contributed by atoms with Crippen molar-refractivity contribution in [3.8, 4) is 0 Å². The number of nitrogens with two attached hydrogens (primary N) is 1. The number of aryl methyl sites for hydroxylation is 2. The summed E-state index contributed by atoms with van der Waals surface area (Å²) in [6, 6.07) is 6.66. The summed E-state index contributed by atoms with van der Waals surface area (Å²) in [5.41, 5.74) is 10.3. The van der Waals surface area contributed by atoms with E-state index in [0.29, 0.717) is 0 Å². The van der Waals surface area contributed by atoms with E-state index < -0.39 is 0 Å². The van der Waals surface area contributed by atoms with E-state index in [-0.39, 0.29) is 5.54 Å². The maximum Gasteiger partial charge on any atom is 0.0282 e. The first-order chi connectivity index (χ1) is 7.59. The van der Waals surface area contributed by atoms with Gasteiger partial charge in [-0.2, -0.15) is 0 Å². The van der Waals surface area contributed by atoms with Crippen molar-refractivity contribution in [3.63, 3.8) is 0 Å². The highest BCUT2D eigenvalue weighted by Gasteiger charge is 2.37. The zero-order valence-corrected chi connectivity index (χ0v) is 10.3. The average molecular weight is 218 g/mol. The molecule has 0 aromatic heterocycles. The molecule has 0 spiro atoms. The van der Waals surface area contributed by atoms with Crippen LogP contribution in [0.4, 0.5) is 0 Å². The summed E-state index contributed by atoms with van der Waals surface area (Å²) < 4.78 is 0. The molecule has 2 nitrogen and oxygen atoms in total. The highest BCUT2D eigenvalue weighted by atomic mass is 15.0. The molecule has 0 amide bonds. The maximum absolute atomic E-state index is 6.02. The molecule has 16 heavy (non-hydrogen) atoms. The zero-order chi connectivity index (χ0) is 11.6. The van der Waals surface area contributed by atoms with E-state index in [9.17, 15) is 0 Å². The number of rotatable bonds is 5. The van der Waals surface area contributed by atoms with Crippen molar-refractivity contribution in [3.05, 3.63) is 34.9 Å². The summed E-state index contributed by atoms with van der Waals surface area (Å²) in [5, 5.41) is 3.46. The number of hydrogen-bond acceptors (Lipinski definition) is 2. The second-order valence-corrected chi connectivity index (χ2v) is 5.22. The fourth-order valence-electron chi connectivity index (χ4n) is 1.97. The van der Waals surface area contributed by atoms with Gasteiger partial charge in [-0.25, -0.2) is 0 Å². The van der Waals surface area contributed by atoms with Crippen molar-refractivity contribution in [2.45, 2.75) is 38.6 Å². The molecule has 1 fully saturated rings. The minimum absolute atomic E-state index is 0.127. The van der Waals surface area contributed by atoms with Gasteiger partial charge in [-0.15, -0.1) is 0 Å². The number of benzene rings is 1. The van der Waals surface area contributed by atoms with Crippen LogP contribution in [-0.2, 0) is 6.42 Å². The van der Waals surface area contributed by atoms with Crippen LogP contribution in [0.3, 0.4) is 0 Å². The molecule has 0 heterocycles. The van der Waals surface area contributed by atoms with Gasteiger partial charge in [0, 0.05) is 12.1 Å². The summed E-state index contributed by atoms with van der Waals surface area (Å²) in [6.45, 7) is 6.33. The summed E-state index contributed by atoms with van der Waals surface area (Å²) >= 11 is 0. The normalized spacial score (nSPS) is 17.4. The maximum atomic E-state index is 6.02. The Bertz CT molecular complexity index is 367. The van der Waals surface area contributed by atoms with Crippen molar-refractivity contribution < 1.29 is 0 Å². The first-order valence-electron chi connectivity index (χ1n) is 6.15. The van der Waals surface area contributed by atoms with Crippen molar-refractivity contribution in [2.24, 2.45) is 5.73 Å². The van der Waals surface area contributed by atoms with Crippen LogP contribution in [0.15, 0.2) is 18.2 Å². The van der Waals surface area contributed by atoms with Crippen molar-refractivity contribution in [1.29, 1.82) is 0 Å². The molecule has 1 aliphatic carbocycles. The molecule has 0 atom stereocenters. The van der Waals surface area contributed by atoms with E-state index in [2.05, 4.69) is 37.4 Å². The van der Waals surface area contributed by atoms with Gasteiger partial charge < -0.3 is 11.1 Å². The van der Waals surface area contributed by atoms with Gasteiger partial charge in [0.1, 0.15) is 0 Å². The summed E-state index contributed by atoms with van der Waals surface area (Å²) in [7, 11) is 0. The molecule has 0 aliphatic heterocycles. The number of hydrogen-bond donors (Lipinski definition) is 2.